The maximum absolute atomic E-state index is 12.4. The van der Waals surface area contributed by atoms with Crippen molar-refractivity contribution in [3.63, 3.8) is 0 Å². The van der Waals surface area contributed by atoms with Crippen LogP contribution in [0.4, 0.5) is 13.2 Å². The van der Waals surface area contributed by atoms with E-state index < -0.39 is 37.2 Å². The molecule has 1 saturated heterocycles. The van der Waals surface area contributed by atoms with Gasteiger partial charge in [-0.3, -0.25) is 0 Å². The lowest BCUT2D eigenvalue weighted by Crippen LogP contribution is -2.42. The van der Waals surface area contributed by atoms with Gasteiger partial charge in [-0.2, -0.15) is 13.2 Å². The van der Waals surface area contributed by atoms with Crippen LogP contribution in [0.15, 0.2) is 18.2 Å². The van der Waals surface area contributed by atoms with Crippen LogP contribution in [-0.4, -0.2) is 47.4 Å². The Hall–Kier alpha value is -1.37. The summed E-state index contributed by atoms with van der Waals surface area (Å²) in [6, 6.07) is 5.10. The Bertz CT molecular complexity index is 910. The summed E-state index contributed by atoms with van der Waals surface area (Å²) < 4.78 is 95.2. The lowest BCUT2D eigenvalue weighted by Gasteiger charge is -2.27. The van der Waals surface area contributed by atoms with Gasteiger partial charge < -0.3 is 9.47 Å². The maximum atomic E-state index is 12.4. The molecule has 7 nitrogen and oxygen atoms in total. The number of hydrogen-bond donors (Lipinski definition) is 1. The molecular formula is C15H18F3NO6S2. The monoisotopic (exact) mass is 429 g/mol. The first-order chi connectivity index (χ1) is 12.5. The van der Waals surface area contributed by atoms with E-state index in [0.29, 0.717) is 43.8 Å². The first kappa shape index (κ1) is 20.4. The molecule has 3 rings (SSSR count). The van der Waals surface area contributed by atoms with Gasteiger partial charge in [-0.15, -0.1) is 4.13 Å². The Morgan fingerprint density at radius 1 is 1.22 bits per heavy atom. The van der Waals surface area contributed by atoms with Gasteiger partial charge in [0.05, 0.1) is 12.4 Å². The number of benzene rings is 1. The van der Waals surface area contributed by atoms with Gasteiger partial charge in [0.25, 0.3) is 0 Å². The first-order valence-corrected chi connectivity index (χ1v) is 11.3. The van der Waals surface area contributed by atoms with Crippen LogP contribution in [0.5, 0.6) is 5.75 Å². The molecule has 0 saturated carbocycles. The van der Waals surface area contributed by atoms with Crippen LogP contribution in [-0.2, 0) is 31.2 Å². The highest BCUT2D eigenvalue weighted by atomic mass is 32.3. The molecule has 0 aromatic heterocycles. The number of halogens is 3. The van der Waals surface area contributed by atoms with Crippen LogP contribution >= 0.6 is 0 Å². The van der Waals surface area contributed by atoms with E-state index in [2.05, 4.69) is 0 Å². The second-order valence-electron chi connectivity index (χ2n) is 6.49. The molecule has 2 unspecified atom stereocenters. The SMILES string of the molecule is O=S(=O)(CC1CCCc2c(OCC3CO3)cccc21)NS(=O)(=O)C(F)(F)F. The predicted molar refractivity (Wildman–Crippen MR) is 89.3 cm³/mol. The fraction of sp³-hybridized carbons (Fsp3) is 0.600. The van der Waals surface area contributed by atoms with Gasteiger partial charge in [0.2, 0.25) is 10.0 Å². The Balaban J connectivity index is 1.78. The largest absolute Gasteiger partial charge is 0.512 e. The van der Waals surface area contributed by atoms with Gasteiger partial charge >= 0.3 is 15.5 Å². The van der Waals surface area contributed by atoms with Crippen molar-refractivity contribution in [2.24, 2.45) is 0 Å². The Kier molecular flexibility index (Phi) is 5.45. The van der Waals surface area contributed by atoms with E-state index in [1.54, 1.807) is 18.2 Å². The van der Waals surface area contributed by atoms with Crippen molar-refractivity contribution in [2.75, 3.05) is 19.0 Å². The van der Waals surface area contributed by atoms with Crippen molar-refractivity contribution < 1.29 is 39.5 Å². The van der Waals surface area contributed by atoms with E-state index in [0.717, 1.165) is 9.69 Å². The fourth-order valence-corrected chi connectivity index (χ4v) is 5.95. The Labute approximate surface area is 154 Å². The van der Waals surface area contributed by atoms with Crippen molar-refractivity contribution >= 4 is 20.0 Å². The number of epoxide rings is 1. The van der Waals surface area contributed by atoms with Crippen LogP contribution in [0.25, 0.3) is 0 Å². The molecule has 1 N–H and O–H groups in total. The summed E-state index contributed by atoms with van der Waals surface area (Å²) in [7, 11) is -10.7. The average Bonchev–Trinajstić information content (AvgIpc) is 3.35. The zero-order chi connectivity index (χ0) is 19.9. The molecule has 0 radical (unpaired) electrons. The summed E-state index contributed by atoms with van der Waals surface area (Å²) in [5.41, 5.74) is -4.26. The summed E-state index contributed by atoms with van der Waals surface area (Å²) in [5, 5.41) is 0. The van der Waals surface area contributed by atoms with E-state index in [1.807, 2.05) is 0 Å². The number of sulfonamides is 2. The third-order valence-electron chi connectivity index (χ3n) is 4.38. The lowest BCUT2D eigenvalue weighted by atomic mass is 9.83. The predicted octanol–water partition coefficient (Wildman–Crippen LogP) is 1.65. The van der Waals surface area contributed by atoms with Gasteiger partial charge in [-0.25, -0.2) is 16.8 Å². The number of fused-ring (bicyclic) bond motifs is 1. The molecule has 1 fully saturated rings. The number of alkyl halides is 3. The molecule has 0 amide bonds. The molecule has 0 spiro atoms. The van der Waals surface area contributed by atoms with Crippen molar-refractivity contribution in [2.45, 2.75) is 36.8 Å². The van der Waals surface area contributed by atoms with E-state index in [-0.39, 0.29) is 6.10 Å². The molecule has 152 valence electrons. The highest BCUT2D eigenvalue weighted by Gasteiger charge is 2.48. The molecule has 1 heterocycles. The van der Waals surface area contributed by atoms with Crippen molar-refractivity contribution in [3.05, 3.63) is 29.3 Å². The van der Waals surface area contributed by atoms with Gasteiger partial charge in [0.15, 0.2) is 0 Å². The van der Waals surface area contributed by atoms with Gasteiger partial charge in [0.1, 0.15) is 18.5 Å². The lowest BCUT2D eigenvalue weighted by molar-refractivity contribution is -0.0441. The molecule has 1 aromatic rings. The molecule has 0 bridgehead atoms. The summed E-state index contributed by atoms with van der Waals surface area (Å²) >= 11 is 0. The standard InChI is InChI=1S/C15H18F3NO6S2/c16-15(17,18)27(22,23)19-26(20,21)9-10-3-1-5-13-12(10)4-2-6-14(13)25-8-11-7-24-11/h2,4,6,10-11,19H,1,3,5,7-9H2. The van der Waals surface area contributed by atoms with Crippen molar-refractivity contribution in [3.8, 4) is 5.75 Å². The Morgan fingerprint density at radius 3 is 2.56 bits per heavy atom. The van der Waals surface area contributed by atoms with E-state index in [4.69, 9.17) is 9.47 Å². The minimum atomic E-state index is -5.98. The second-order valence-corrected chi connectivity index (χ2v) is 10.2. The second kappa shape index (κ2) is 7.22. The van der Waals surface area contributed by atoms with Crippen LogP contribution < -0.4 is 8.86 Å². The first-order valence-electron chi connectivity index (χ1n) is 8.17. The van der Waals surface area contributed by atoms with E-state index in [1.165, 1.54) is 0 Å². The molecule has 12 heteroatoms. The number of hydrogen-bond acceptors (Lipinski definition) is 6. The molecule has 1 aliphatic carbocycles. The van der Waals surface area contributed by atoms with Crippen molar-refractivity contribution in [1.82, 2.24) is 4.13 Å². The van der Waals surface area contributed by atoms with E-state index >= 15 is 0 Å². The quantitative estimate of drug-likeness (QED) is 0.662. The van der Waals surface area contributed by atoms with Gasteiger partial charge in [0, 0.05) is 0 Å². The molecule has 2 aliphatic rings. The van der Waals surface area contributed by atoms with Crippen LogP contribution in [0.2, 0.25) is 0 Å². The van der Waals surface area contributed by atoms with Crippen LogP contribution in [0.3, 0.4) is 0 Å². The van der Waals surface area contributed by atoms with Gasteiger partial charge in [-0.1, -0.05) is 12.1 Å². The summed E-state index contributed by atoms with van der Waals surface area (Å²) in [4.78, 5) is 0. The molecule has 2 atom stereocenters. The third kappa shape index (κ3) is 4.92. The summed E-state index contributed by atoms with van der Waals surface area (Å²) in [5.74, 6) is -0.804. The smallest absolute Gasteiger partial charge is 0.490 e. The van der Waals surface area contributed by atoms with Crippen LogP contribution in [0, 0.1) is 0 Å². The topological polar surface area (TPSA) is 102 Å². The minimum absolute atomic E-state index is 0.0393. The fourth-order valence-electron chi connectivity index (χ4n) is 3.08. The summed E-state index contributed by atoms with van der Waals surface area (Å²) in [6.07, 6.45) is 1.70. The zero-order valence-electron chi connectivity index (χ0n) is 14.0. The highest BCUT2D eigenvalue weighted by molar-refractivity contribution is 8.05. The molecular weight excluding hydrogens is 411 g/mol. The average molecular weight is 429 g/mol. The highest BCUT2D eigenvalue weighted by Crippen LogP contribution is 2.38. The maximum Gasteiger partial charge on any atom is 0.512 e. The Morgan fingerprint density at radius 2 is 1.93 bits per heavy atom. The molecule has 1 aromatic carbocycles. The van der Waals surface area contributed by atoms with Crippen LogP contribution in [0.1, 0.15) is 29.9 Å². The molecule has 27 heavy (non-hydrogen) atoms. The normalized spacial score (nSPS) is 22.9. The zero-order valence-corrected chi connectivity index (χ0v) is 15.7. The third-order valence-corrected chi connectivity index (χ3v) is 7.72. The number of ether oxygens (including phenoxy) is 2. The number of nitrogens with one attached hydrogen (secondary N) is 1. The number of rotatable bonds is 7. The summed E-state index contributed by atoms with van der Waals surface area (Å²) in [6.45, 7) is 0.986. The minimum Gasteiger partial charge on any atom is -0.490 e. The van der Waals surface area contributed by atoms with E-state index in [9.17, 15) is 30.0 Å². The van der Waals surface area contributed by atoms with Crippen molar-refractivity contribution in [1.29, 1.82) is 0 Å². The molecule has 1 aliphatic heterocycles. The van der Waals surface area contributed by atoms with Gasteiger partial charge in [-0.05, 0) is 42.4 Å².